The molecule has 2 saturated carbocycles. The zero-order valence-electron chi connectivity index (χ0n) is 10.8. The molecule has 2 aliphatic carbocycles. The SMILES string of the molecule is CC#CCCC(NCCC)C1CC2CC2C1. The van der Waals surface area contributed by atoms with Crippen molar-refractivity contribution in [2.24, 2.45) is 17.8 Å². The highest BCUT2D eigenvalue weighted by molar-refractivity contribution is 5.01. The summed E-state index contributed by atoms with van der Waals surface area (Å²) < 4.78 is 0. The molecule has 0 saturated heterocycles. The van der Waals surface area contributed by atoms with Crippen LogP contribution >= 0.6 is 0 Å². The van der Waals surface area contributed by atoms with Gasteiger partial charge in [0.15, 0.2) is 0 Å². The first kappa shape index (κ1) is 12.0. The van der Waals surface area contributed by atoms with Gasteiger partial charge in [0.2, 0.25) is 0 Å². The Balaban J connectivity index is 1.77. The van der Waals surface area contributed by atoms with Gasteiger partial charge in [-0.05, 0) is 63.3 Å². The van der Waals surface area contributed by atoms with Crippen LogP contribution in [0.1, 0.15) is 52.4 Å². The van der Waals surface area contributed by atoms with Crippen LogP contribution in [0.3, 0.4) is 0 Å². The summed E-state index contributed by atoms with van der Waals surface area (Å²) in [5.74, 6) is 9.38. The van der Waals surface area contributed by atoms with Gasteiger partial charge in [0, 0.05) is 12.5 Å². The molecule has 0 aromatic rings. The predicted molar refractivity (Wildman–Crippen MR) is 69.1 cm³/mol. The van der Waals surface area contributed by atoms with E-state index in [1.807, 2.05) is 6.92 Å². The summed E-state index contributed by atoms with van der Waals surface area (Å²) in [7, 11) is 0. The Morgan fingerprint density at radius 2 is 2.00 bits per heavy atom. The molecule has 0 spiro atoms. The predicted octanol–water partition coefficient (Wildman–Crippen LogP) is 3.20. The highest BCUT2D eigenvalue weighted by Crippen LogP contribution is 2.55. The average Bonchev–Trinajstić information content (AvgIpc) is 2.91. The lowest BCUT2D eigenvalue weighted by Crippen LogP contribution is -2.36. The van der Waals surface area contributed by atoms with Crippen LogP contribution in [-0.4, -0.2) is 12.6 Å². The highest BCUT2D eigenvalue weighted by atomic mass is 14.9. The molecular formula is C15H25N. The summed E-state index contributed by atoms with van der Waals surface area (Å²) in [4.78, 5) is 0. The van der Waals surface area contributed by atoms with Crippen LogP contribution in [0, 0.1) is 29.6 Å². The first-order valence-electron chi connectivity index (χ1n) is 6.98. The van der Waals surface area contributed by atoms with Crippen LogP contribution < -0.4 is 5.32 Å². The van der Waals surface area contributed by atoms with E-state index in [2.05, 4.69) is 24.1 Å². The molecule has 3 unspecified atom stereocenters. The van der Waals surface area contributed by atoms with Gasteiger partial charge in [-0.2, -0.15) is 0 Å². The van der Waals surface area contributed by atoms with E-state index in [0.717, 1.165) is 30.2 Å². The van der Waals surface area contributed by atoms with Crippen LogP contribution in [0.15, 0.2) is 0 Å². The summed E-state index contributed by atoms with van der Waals surface area (Å²) in [6.45, 7) is 5.37. The highest BCUT2D eigenvalue weighted by Gasteiger charge is 2.47. The molecular weight excluding hydrogens is 194 g/mol. The topological polar surface area (TPSA) is 12.0 Å². The first-order valence-corrected chi connectivity index (χ1v) is 6.98. The molecule has 2 fully saturated rings. The standard InChI is InChI=1S/C15H25N/c1-3-5-6-7-15(16-8-4-2)14-10-12-9-13(12)11-14/h12-16H,4,6-11H2,1-2H3. The van der Waals surface area contributed by atoms with Crippen LogP contribution in [0.25, 0.3) is 0 Å². The monoisotopic (exact) mass is 219 g/mol. The van der Waals surface area contributed by atoms with Crippen molar-refractivity contribution in [2.75, 3.05) is 6.54 Å². The number of hydrogen-bond acceptors (Lipinski definition) is 1. The van der Waals surface area contributed by atoms with Gasteiger partial charge in [-0.3, -0.25) is 0 Å². The molecule has 0 aromatic heterocycles. The molecule has 0 bridgehead atoms. The zero-order chi connectivity index (χ0) is 11.4. The van der Waals surface area contributed by atoms with Gasteiger partial charge < -0.3 is 5.32 Å². The van der Waals surface area contributed by atoms with Crippen molar-refractivity contribution < 1.29 is 0 Å². The Bertz CT molecular complexity index is 263. The molecule has 1 N–H and O–H groups in total. The lowest BCUT2D eigenvalue weighted by Gasteiger charge is -2.25. The summed E-state index contributed by atoms with van der Waals surface area (Å²) in [5.41, 5.74) is 0. The third-order valence-electron chi connectivity index (χ3n) is 4.26. The van der Waals surface area contributed by atoms with Crippen molar-refractivity contribution in [1.29, 1.82) is 0 Å². The Morgan fingerprint density at radius 3 is 2.62 bits per heavy atom. The fourth-order valence-corrected chi connectivity index (χ4v) is 3.28. The van der Waals surface area contributed by atoms with Gasteiger partial charge in [0.25, 0.3) is 0 Å². The van der Waals surface area contributed by atoms with E-state index in [1.165, 1.54) is 38.6 Å². The van der Waals surface area contributed by atoms with Crippen molar-refractivity contribution in [3.63, 3.8) is 0 Å². The molecule has 0 aliphatic heterocycles. The summed E-state index contributed by atoms with van der Waals surface area (Å²) >= 11 is 0. The summed E-state index contributed by atoms with van der Waals surface area (Å²) in [5, 5.41) is 3.74. The van der Waals surface area contributed by atoms with Gasteiger partial charge >= 0.3 is 0 Å². The van der Waals surface area contributed by atoms with Crippen LogP contribution in [0.2, 0.25) is 0 Å². The summed E-state index contributed by atoms with van der Waals surface area (Å²) in [6, 6.07) is 0.744. The minimum atomic E-state index is 0.744. The molecule has 2 aliphatic rings. The maximum absolute atomic E-state index is 3.74. The molecule has 0 amide bonds. The molecule has 90 valence electrons. The van der Waals surface area contributed by atoms with Gasteiger partial charge in [0.05, 0.1) is 0 Å². The molecule has 0 radical (unpaired) electrons. The third kappa shape index (κ3) is 3.01. The van der Waals surface area contributed by atoms with Crippen molar-refractivity contribution in [1.82, 2.24) is 5.32 Å². The maximum atomic E-state index is 3.74. The Morgan fingerprint density at radius 1 is 1.25 bits per heavy atom. The number of nitrogens with one attached hydrogen (secondary N) is 1. The van der Waals surface area contributed by atoms with Crippen molar-refractivity contribution in [3.05, 3.63) is 0 Å². The van der Waals surface area contributed by atoms with E-state index in [1.54, 1.807) is 0 Å². The number of fused-ring (bicyclic) bond motifs is 1. The molecule has 3 atom stereocenters. The van der Waals surface area contributed by atoms with E-state index >= 15 is 0 Å². The second-order valence-electron chi connectivity index (χ2n) is 5.51. The normalized spacial score (nSPS) is 32.8. The third-order valence-corrected chi connectivity index (χ3v) is 4.26. The van der Waals surface area contributed by atoms with E-state index in [-0.39, 0.29) is 0 Å². The lowest BCUT2D eigenvalue weighted by molar-refractivity contribution is 0.321. The smallest absolute Gasteiger partial charge is 0.0105 e. The molecule has 0 heterocycles. The number of rotatable bonds is 6. The molecule has 0 aromatic carbocycles. The van der Waals surface area contributed by atoms with E-state index < -0.39 is 0 Å². The van der Waals surface area contributed by atoms with Gasteiger partial charge in [0.1, 0.15) is 0 Å². The average molecular weight is 219 g/mol. The van der Waals surface area contributed by atoms with E-state index in [9.17, 15) is 0 Å². The van der Waals surface area contributed by atoms with Crippen molar-refractivity contribution >= 4 is 0 Å². The van der Waals surface area contributed by atoms with E-state index in [4.69, 9.17) is 0 Å². The fraction of sp³-hybridized carbons (Fsp3) is 0.867. The second-order valence-corrected chi connectivity index (χ2v) is 5.51. The summed E-state index contributed by atoms with van der Waals surface area (Å²) in [6.07, 6.45) is 8.09. The number of hydrogen-bond donors (Lipinski definition) is 1. The van der Waals surface area contributed by atoms with Gasteiger partial charge in [-0.25, -0.2) is 0 Å². The van der Waals surface area contributed by atoms with Gasteiger partial charge in [-0.1, -0.05) is 6.92 Å². The molecule has 16 heavy (non-hydrogen) atoms. The maximum Gasteiger partial charge on any atom is 0.0105 e. The van der Waals surface area contributed by atoms with Crippen LogP contribution in [0.4, 0.5) is 0 Å². The molecule has 1 nitrogen and oxygen atoms in total. The largest absolute Gasteiger partial charge is 0.314 e. The second kappa shape index (κ2) is 5.73. The fourth-order valence-electron chi connectivity index (χ4n) is 3.28. The lowest BCUT2D eigenvalue weighted by atomic mass is 9.91. The zero-order valence-corrected chi connectivity index (χ0v) is 10.8. The van der Waals surface area contributed by atoms with Crippen molar-refractivity contribution in [3.8, 4) is 11.8 Å². The van der Waals surface area contributed by atoms with Crippen molar-refractivity contribution in [2.45, 2.75) is 58.4 Å². The van der Waals surface area contributed by atoms with E-state index in [0.29, 0.717) is 0 Å². The van der Waals surface area contributed by atoms with Gasteiger partial charge in [-0.15, -0.1) is 11.8 Å². The van der Waals surface area contributed by atoms with Crippen LogP contribution in [0.5, 0.6) is 0 Å². The quantitative estimate of drug-likeness (QED) is 0.676. The Kier molecular flexibility index (Phi) is 4.29. The minimum Gasteiger partial charge on any atom is -0.314 e. The Hall–Kier alpha value is -0.480. The molecule has 2 rings (SSSR count). The Labute approximate surface area is 100 Å². The first-order chi connectivity index (χ1) is 7.85. The molecule has 1 heteroatoms. The van der Waals surface area contributed by atoms with Crippen LogP contribution in [-0.2, 0) is 0 Å². The minimum absolute atomic E-state index is 0.744.